The normalized spacial score (nSPS) is 10.7. The third-order valence-electron chi connectivity index (χ3n) is 2.81. The number of hydrogen-bond acceptors (Lipinski definition) is 6. The van der Waals surface area contributed by atoms with Gasteiger partial charge in [-0.2, -0.15) is 0 Å². The maximum Gasteiger partial charge on any atom is 0.225 e. The Hall–Kier alpha value is -1.31. The first-order valence-corrected chi connectivity index (χ1v) is 8.33. The van der Waals surface area contributed by atoms with Crippen molar-refractivity contribution in [2.45, 2.75) is 26.8 Å². The van der Waals surface area contributed by atoms with Gasteiger partial charge in [-0.05, 0) is 6.92 Å². The molecule has 0 unspecified atom stereocenters. The van der Waals surface area contributed by atoms with Gasteiger partial charge in [0, 0.05) is 43.7 Å². The summed E-state index contributed by atoms with van der Waals surface area (Å²) in [6.07, 6.45) is 0.926. The molecule has 0 radical (unpaired) electrons. The molecule has 5 nitrogen and oxygen atoms in total. The second kappa shape index (κ2) is 7.47. The Bertz CT molecular complexity index is 538. The molecule has 0 bridgehead atoms. The van der Waals surface area contributed by atoms with E-state index in [1.54, 1.807) is 23.2 Å². The summed E-state index contributed by atoms with van der Waals surface area (Å²) in [6.45, 7) is 5.77. The highest BCUT2D eigenvalue weighted by atomic mass is 32.1. The van der Waals surface area contributed by atoms with E-state index in [4.69, 9.17) is 0 Å². The minimum atomic E-state index is 0.0323. The van der Waals surface area contributed by atoms with Gasteiger partial charge < -0.3 is 5.32 Å². The SMILES string of the molecule is CCN(C(C)=O)c1nc(CNCCc2cscn2)cs1. The first kappa shape index (κ1) is 15.1. The van der Waals surface area contributed by atoms with Crippen LogP contribution in [0, 0.1) is 0 Å². The van der Waals surface area contributed by atoms with E-state index in [0.29, 0.717) is 6.54 Å². The topological polar surface area (TPSA) is 58.1 Å². The predicted octanol–water partition coefficient (Wildman–Crippen LogP) is 2.30. The van der Waals surface area contributed by atoms with Crippen LogP contribution < -0.4 is 10.2 Å². The quantitative estimate of drug-likeness (QED) is 0.797. The molecule has 0 aliphatic heterocycles. The molecule has 0 aliphatic rings. The molecule has 0 fully saturated rings. The third-order valence-corrected chi connectivity index (χ3v) is 4.36. The van der Waals surface area contributed by atoms with Gasteiger partial charge in [0.15, 0.2) is 5.13 Å². The van der Waals surface area contributed by atoms with Crippen LogP contribution in [0.25, 0.3) is 0 Å². The lowest BCUT2D eigenvalue weighted by atomic mass is 10.3. The molecule has 2 aromatic heterocycles. The molecule has 0 saturated heterocycles. The van der Waals surface area contributed by atoms with Gasteiger partial charge in [-0.3, -0.25) is 9.69 Å². The van der Waals surface area contributed by atoms with Gasteiger partial charge in [0.2, 0.25) is 5.91 Å². The molecule has 1 amide bonds. The molecular formula is C13H18N4OS2. The van der Waals surface area contributed by atoms with E-state index in [1.165, 1.54) is 11.3 Å². The molecule has 7 heteroatoms. The zero-order valence-corrected chi connectivity index (χ0v) is 13.3. The van der Waals surface area contributed by atoms with Crippen LogP contribution in [0.4, 0.5) is 5.13 Å². The van der Waals surface area contributed by atoms with E-state index in [2.05, 4.69) is 20.7 Å². The second-order valence-corrected chi connectivity index (χ2v) is 5.85. The van der Waals surface area contributed by atoms with Crippen LogP contribution in [0.15, 0.2) is 16.3 Å². The van der Waals surface area contributed by atoms with E-state index >= 15 is 0 Å². The van der Waals surface area contributed by atoms with Crippen molar-refractivity contribution in [3.05, 3.63) is 27.7 Å². The highest BCUT2D eigenvalue weighted by molar-refractivity contribution is 7.14. The smallest absolute Gasteiger partial charge is 0.225 e. The number of thiazole rings is 2. The number of anilines is 1. The lowest BCUT2D eigenvalue weighted by molar-refractivity contribution is -0.116. The molecule has 0 aromatic carbocycles. The van der Waals surface area contributed by atoms with Crippen molar-refractivity contribution >= 4 is 33.7 Å². The van der Waals surface area contributed by atoms with Crippen molar-refractivity contribution in [1.82, 2.24) is 15.3 Å². The zero-order chi connectivity index (χ0) is 14.4. The first-order valence-electron chi connectivity index (χ1n) is 6.51. The molecule has 2 heterocycles. The van der Waals surface area contributed by atoms with Crippen molar-refractivity contribution in [2.24, 2.45) is 0 Å². The molecule has 2 aromatic rings. The van der Waals surface area contributed by atoms with Crippen LogP contribution in [-0.4, -0.2) is 29.0 Å². The predicted molar refractivity (Wildman–Crippen MR) is 83.3 cm³/mol. The summed E-state index contributed by atoms with van der Waals surface area (Å²) < 4.78 is 0. The van der Waals surface area contributed by atoms with Crippen LogP contribution in [-0.2, 0) is 17.8 Å². The van der Waals surface area contributed by atoms with Crippen LogP contribution in [0.2, 0.25) is 0 Å². The summed E-state index contributed by atoms with van der Waals surface area (Å²) in [5.74, 6) is 0.0323. The number of hydrogen-bond donors (Lipinski definition) is 1. The Labute approximate surface area is 126 Å². The minimum Gasteiger partial charge on any atom is -0.311 e. The molecule has 20 heavy (non-hydrogen) atoms. The average molecular weight is 310 g/mol. The molecule has 0 aliphatic carbocycles. The molecular weight excluding hydrogens is 292 g/mol. The maximum absolute atomic E-state index is 11.4. The van der Waals surface area contributed by atoms with Crippen LogP contribution in [0.1, 0.15) is 25.2 Å². The van der Waals surface area contributed by atoms with Gasteiger partial charge in [-0.1, -0.05) is 0 Å². The Balaban J connectivity index is 1.79. The number of rotatable bonds is 7. The third kappa shape index (κ3) is 4.09. The number of nitrogens with one attached hydrogen (secondary N) is 1. The van der Waals surface area contributed by atoms with Gasteiger partial charge in [0.25, 0.3) is 0 Å². The molecule has 0 saturated carbocycles. The number of amides is 1. The maximum atomic E-state index is 11.4. The highest BCUT2D eigenvalue weighted by Crippen LogP contribution is 2.20. The van der Waals surface area contributed by atoms with Gasteiger partial charge in [-0.25, -0.2) is 9.97 Å². The average Bonchev–Trinajstić information content (AvgIpc) is 3.06. The van der Waals surface area contributed by atoms with Crippen molar-refractivity contribution in [3.8, 4) is 0 Å². The number of aromatic nitrogens is 2. The summed E-state index contributed by atoms with van der Waals surface area (Å²) in [4.78, 5) is 21.9. The monoisotopic (exact) mass is 310 g/mol. The molecule has 1 N–H and O–H groups in total. The number of nitrogens with zero attached hydrogens (tertiary/aromatic N) is 3. The van der Waals surface area contributed by atoms with Crippen molar-refractivity contribution in [3.63, 3.8) is 0 Å². The molecule has 108 valence electrons. The summed E-state index contributed by atoms with van der Waals surface area (Å²) in [5.41, 5.74) is 3.95. The minimum absolute atomic E-state index is 0.0323. The van der Waals surface area contributed by atoms with Gasteiger partial charge in [-0.15, -0.1) is 22.7 Å². The Morgan fingerprint density at radius 1 is 1.40 bits per heavy atom. The Kier molecular flexibility index (Phi) is 5.63. The Morgan fingerprint density at radius 3 is 2.90 bits per heavy atom. The van der Waals surface area contributed by atoms with Crippen molar-refractivity contribution in [2.75, 3.05) is 18.0 Å². The summed E-state index contributed by atoms with van der Waals surface area (Å²) in [7, 11) is 0. The first-order chi connectivity index (χ1) is 9.70. The number of carbonyl (C=O) groups is 1. The summed E-state index contributed by atoms with van der Waals surface area (Å²) in [5, 5.41) is 8.18. The van der Waals surface area contributed by atoms with Gasteiger partial charge >= 0.3 is 0 Å². The molecule has 2 rings (SSSR count). The summed E-state index contributed by atoms with van der Waals surface area (Å²) in [6, 6.07) is 0. The van der Waals surface area contributed by atoms with Gasteiger partial charge in [0.05, 0.1) is 16.9 Å². The van der Waals surface area contributed by atoms with Crippen molar-refractivity contribution < 1.29 is 4.79 Å². The van der Waals surface area contributed by atoms with E-state index < -0.39 is 0 Å². The van der Waals surface area contributed by atoms with E-state index in [9.17, 15) is 4.79 Å². The van der Waals surface area contributed by atoms with Crippen LogP contribution >= 0.6 is 22.7 Å². The highest BCUT2D eigenvalue weighted by Gasteiger charge is 2.12. The Morgan fingerprint density at radius 2 is 2.25 bits per heavy atom. The largest absolute Gasteiger partial charge is 0.311 e. The summed E-state index contributed by atoms with van der Waals surface area (Å²) >= 11 is 3.13. The van der Waals surface area contributed by atoms with E-state index in [-0.39, 0.29) is 5.91 Å². The fourth-order valence-electron chi connectivity index (χ4n) is 1.79. The fraction of sp³-hybridized carbons (Fsp3) is 0.462. The van der Waals surface area contributed by atoms with Gasteiger partial charge in [0.1, 0.15) is 0 Å². The van der Waals surface area contributed by atoms with E-state index in [0.717, 1.165) is 36.0 Å². The van der Waals surface area contributed by atoms with Crippen LogP contribution in [0.5, 0.6) is 0 Å². The van der Waals surface area contributed by atoms with E-state index in [1.807, 2.05) is 17.8 Å². The molecule has 0 atom stereocenters. The lowest BCUT2D eigenvalue weighted by Gasteiger charge is -2.14. The fourth-order valence-corrected chi connectivity index (χ4v) is 3.31. The van der Waals surface area contributed by atoms with Crippen molar-refractivity contribution in [1.29, 1.82) is 0 Å². The standard InChI is InChI=1S/C13H18N4OS2/c1-3-17(10(2)18)13-16-12(8-20-13)6-14-5-4-11-7-19-9-15-11/h7-9,14H,3-6H2,1-2H3. The lowest BCUT2D eigenvalue weighted by Crippen LogP contribution is -2.27. The van der Waals surface area contributed by atoms with Crippen LogP contribution in [0.3, 0.4) is 0 Å². The zero-order valence-electron chi connectivity index (χ0n) is 11.6. The number of carbonyl (C=O) groups excluding carboxylic acids is 1. The second-order valence-electron chi connectivity index (χ2n) is 4.29. The molecule has 0 spiro atoms.